The van der Waals surface area contributed by atoms with Gasteiger partial charge < -0.3 is 15.1 Å². The van der Waals surface area contributed by atoms with E-state index in [1.54, 1.807) is 12.1 Å². The molecular formula is C28H48N3O6S2+. The summed E-state index contributed by atoms with van der Waals surface area (Å²) in [5.74, 6) is 0.161. The van der Waals surface area contributed by atoms with Gasteiger partial charge in [-0.15, -0.1) is 0 Å². The average molecular weight is 587 g/mol. The molecule has 0 spiro atoms. The molecule has 0 aliphatic rings. The SMILES string of the molecule is CCC(C)(CC(C)(C)C(=O)NCCC[N+](C)(C)CCCS(=O)(=O)O)C(=O)NCCCSC(=O)c1ccccc1. The van der Waals surface area contributed by atoms with Crippen LogP contribution < -0.4 is 10.6 Å². The summed E-state index contributed by atoms with van der Waals surface area (Å²) in [5.41, 5.74) is -0.788. The van der Waals surface area contributed by atoms with Crippen molar-refractivity contribution >= 4 is 38.8 Å². The Hall–Kier alpha value is -1.95. The lowest BCUT2D eigenvalue weighted by molar-refractivity contribution is -0.890. The van der Waals surface area contributed by atoms with Gasteiger partial charge in [-0.3, -0.25) is 18.9 Å². The Balaban J connectivity index is 2.45. The molecule has 2 amide bonds. The zero-order valence-corrected chi connectivity index (χ0v) is 26.1. The van der Waals surface area contributed by atoms with Gasteiger partial charge >= 0.3 is 0 Å². The molecule has 9 nitrogen and oxygen atoms in total. The van der Waals surface area contributed by atoms with Crippen molar-refractivity contribution in [3.8, 4) is 0 Å². The van der Waals surface area contributed by atoms with Crippen LogP contribution in [0.1, 0.15) is 70.2 Å². The van der Waals surface area contributed by atoms with E-state index >= 15 is 0 Å². The van der Waals surface area contributed by atoms with Gasteiger partial charge in [0.2, 0.25) is 16.9 Å². The molecule has 0 aliphatic carbocycles. The van der Waals surface area contributed by atoms with Gasteiger partial charge in [0, 0.05) is 48.1 Å². The minimum absolute atomic E-state index is 0.0211. The summed E-state index contributed by atoms with van der Waals surface area (Å²) in [4.78, 5) is 38.2. The Morgan fingerprint density at radius 3 is 2.08 bits per heavy atom. The average Bonchev–Trinajstić information content (AvgIpc) is 2.85. The second-order valence-corrected chi connectivity index (χ2v) is 14.4. The van der Waals surface area contributed by atoms with E-state index in [0.717, 1.165) is 13.0 Å². The molecular weight excluding hydrogens is 538 g/mol. The highest BCUT2D eigenvalue weighted by molar-refractivity contribution is 8.14. The van der Waals surface area contributed by atoms with Crippen LogP contribution in [0, 0.1) is 10.8 Å². The summed E-state index contributed by atoms with van der Waals surface area (Å²) in [6.07, 6.45) is 2.74. The number of hydrogen-bond donors (Lipinski definition) is 3. The molecule has 1 aromatic carbocycles. The Morgan fingerprint density at radius 2 is 1.49 bits per heavy atom. The fourth-order valence-electron chi connectivity index (χ4n) is 4.47. The smallest absolute Gasteiger partial charge is 0.265 e. The maximum Gasteiger partial charge on any atom is 0.265 e. The summed E-state index contributed by atoms with van der Waals surface area (Å²) in [6, 6.07) is 9.12. The maximum absolute atomic E-state index is 13.1. The van der Waals surface area contributed by atoms with Crippen LogP contribution in [0.2, 0.25) is 0 Å². The van der Waals surface area contributed by atoms with Crippen molar-refractivity contribution in [3.05, 3.63) is 35.9 Å². The molecule has 0 fully saturated rings. The van der Waals surface area contributed by atoms with Gasteiger partial charge in [0.05, 0.1) is 32.9 Å². The van der Waals surface area contributed by atoms with Crippen LogP contribution in [-0.2, 0) is 19.7 Å². The van der Waals surface area contributed by atoms with E-state index in [2.05, 4.69) is 10.6 Å². The number of thioether (sulfide) groups is 1. The first-order valence-electron chi connectivity index (χ1n) is 13.6. The van der Waals surface area contributed by atoms with Gasteiger partial charge in [0.1, 0.15) is 0 Å². The predicted molar refractivity (Wildman–Crippen MR) is 158 cm³/mol. The molecule has 0 saturated carbocycles. The third kappa shape index (κ3) is 13.8. The fourth-order valence-corrected chi connectivity index (χ4v) is 5.74. The molecule has 0 saturated heterocycles. The molecule has 1 unspecified atom stereocenters. The second kappa shape index (κ2) is 15.7. The Kier molecular flexibility index (Phi) is 14.2. The third-order valence-corrected chi connectivity index (χ3v) is 8.81. The quantitative estimate of drug-likeness (QED) is 0.136. The summed E-state index contributed by atoms with van der Waals surface area (Å²) in [7, 11) is 0.0215. The van der Waals surface area contributed by atoms with Crippen LogP contribution in [0.15, 0.2) is 30.3 Å². The van der Waals surface area contributed by atoms with Crippen LogP contribution >= 0.6 is 11.8 Å². The van der Waals surface area contributed by atoms with Crippen LogP contribution in [0.3, 0.4) is 0 Å². The van der Waals surface area contributed by atoms with Crippen molar-refractivity contribution < 1.29 is 31.8 Å². The number of quaternary nitrogens is 1. The van der Waals surface area contributed by atoms with Crippen molar-refractivity contribution in [2.75, 3.05) is 51.8 Å². The minimum atomic E-state index is -3.95. The molecule has 3 N–H and O–H groups in total. The number of benzene rings is 1. The van der Waals surface area contributed by atoms with Crippen LogP contribution in [0.4, 0.5) is 0 Å². The van der Waals surface area contributed by atoms with Crippen molar-refractivity contribution in [2.45, 2.75) is 59.8 Å². The first kappa shape index (κ1) is 35.1. The fraction of sp³-hybridized carbons (Fsp3) is 0.679. The van der Waals surface area contributed by atoms with Crippen LogP contribution in [-0.4, -0.2) is 86.2 Å². The molecule has 0 aromatic heterocycles. The van der Waals surface area contributed by atoms with Gasteiger partial charge in [-0.2, -0.15) is 8.42 Å². The van der Waals surface area contributed by atoms with Gasteiger partial charge in [0.15, 0.2) is 0 Å². The molecule has 0 heterocycles. The molecule has 1 rings (SSSR count). The van der Waals surface area contributed by atoms with E-state index in [4.69, 9.17) is 4.55 Å². The Labute approximate surface area is 239 Å². The molecule has 0 bridgehead atoms. The molecule has 0 radical (unpaired) electrons. The van der Waals surface area contributed by atoms with Gasteiger partial charge in [-0.25, -0.2) is 0 Å². The lowest BCUT2D eigenvalue weighted by Gasteiger charge is -2.35. The molecule has 0 aliphatic heterocycles. The van der Waals surface area contributed by atoms with Crippen LogP contribution in [0.25, 0.3) is 0 Å². The van der Waals surface area contributed by atoms with Gasteiger partial charge in [-0.1, -0.05) is 69.8 Å². The minimum Gasteiger partial charge on any atom is -0.356 e. The molecule has 11 heteroatoms. The second-order valence-electron chi connectivity index (χ2n) is 11.7. The van der Waals surface area contributed by atoms with Crippen LogP contribution in [0.5, 0.6) is 0 Å². The summed E-state index contributed by atoms with van der Waals surface area (Å²) in [6.45, 7) is 9.84. The zero-order chi connectivity index (χ0) is 29.7. The third-order valence-electron chi connectivity index (χ3n) is 7.02. The number of rotatable bonds is 18. The zero-order valence-electron chi connectivity index (χ0n) is 24.4. The first-order chi connectivity index (χ1) is 18.0. The van der Waals surface area contributed by atoms with E-state index < -0.39 is 20.9 Å². The largest absolute Gasteiger partial charge is 0.356 e. The normalized spacial score (nSPS) is 13.9. The van der Waals surface area contributed by atoms with E-state index in [1.165, 1.54) is 11.8 Å². The van der Waals surface area contributed by atoms with E-state index in [-0.39, 0.29) is 22.7 Å². The van der Waals surface area contributed by atoms with Crippen molar-refractivity contribution in [2.24, 2.45) is 10.8 Å². The molecule has 222 valence electrons. The molecule has 1 atom stereocenters. The number of hydrogen-bond acceptors (Lipinski definition) is 6. The van der Waals surface area contributed by atoms with E-state index in [9.17, 15) is 22.8 Å². The molecule has 39 heavy (non-hydrogen) atoms. The summed E-state index contributed by atoms with van der Waals surface area (Å²) in [5, 5.41) is 6.01. The number of amides is 2. The Bertz CT molecular complexity index is 1040. The monoisotopic (exact) mass is 586 g/mol. The van der Waals surface area contributed by atoms with Crippen molar-refractivity contribution in [1.82, 2.24) is 10.6 Å². The highest BCUT2D eigenvalue weighted by Gasteiger charge is 2.40. The first-order valence-corrected chi connectivity index (χ1v) is 16.2. The topological polar surface area (TPSA) is 130 Å². The lowest BCUT2D eigenvalue weighted by Crippen LogP contribution is -2.47. The highest BCUT2D eigenvalue weighted by Crippen LogP contribution is 2.37. The predicted octanol–water partition coefficient (Wildman–Crippen LogP) is 3.76. The lowest BCUT2D eigenvalue weighted by atomic mass is 9.71. The number of carbonyl (C=O) groups excluding carboxylic acids is 3. The summed E-state index contributed by atoms with van der Waals surface area (Å²) < 4.78 is 31.3. The highest BCUT2D eigenvalue weighted by atomic mass is 32.2. The Morgan fingerprint density at radius 1 is 0.923 bits per heavy atom. The van der Waals surface area contributed by atoms with Crippen molar-refractivity contribution in [1.29, 1.82) is 0 Å². The van der Waals surface area contributed by atoms with Gasteiger partial charge in [-0.05, 0) is 19.3 Å². The van der Waals surface area contributed by atoms with Crippen molar-refractivity contribution in [3.63, 3.8) is 0 Å². The van der Waals surface area contributed by atoms with E-state index in [0.29, 0.717) is 61.1 Å². The maximum atomic E-state index is 13.1. The van der Waals surface area contributed by atoms with E-state index in [1.807, 2.05) is 60.0 Å². The summed E-state index contributed by atoms with van der Waals surface area (Å²) >= 11 is 1.25. The van der Waals surface area contributed by atoms with Gasteiger partial charge in [0.25, 0.3) is 10.1 Å². The molecule has 1 aromatic rings. The number of nitrogens with zero attached hydrogens (tertiary/aromatic N) is 1. The number of carbonyl (C=O) groups is 3. The number of nitrogens with one attached hydrogen (secondary N) is 2. The standard InChI is InChI=1S/C28H47N3O6S2/c1-7-28(4,26(34)30-17-12-20-38-24(32)23-14-9-8-10-15-23)22-27(2,3)25(33)29-16-11-18-31(5,6)19-13-21-39(35,36)37/h8-10,14-15H,7,11-13,16-22H2,1-6H3,(H2-,29,30,33,34,35,36,37)/p+1.